The maximum atomic E-state index is 6.18. The molecule has 1 aliphatic heterocycles. The van der Waals surface area contributed by atoms with Gasteiger partial charge in [-0.1, -0.05) is 29.8 Å². The maximum absolute atomic E-state index is 6.18. The SMILES string of the molecule is C=CCc1cccc(Cl)c1OCCNCC1CCCO1. The maximum Gasteiger partial charge on any atom is 0.141 e. The Morgan fingerprint density at radius 2 is 2.40 bits per heavy atom. The van der Waals surface area contributed by atoms with E-state index in [1.54, 1.807) is 0 Å². The monoisotopic (exact) mass is 295 g/mol. The highest BCUT2D eigenvalue weighted by Gasteiger charge is 2.14. The lowest BCUT2D eigenvalue weighted by Crippen LogP contribution is -2.29. The number of para-hydroxylation sites is 1. The molecule has 3 nitrogen and oxygen atoms in total. The molecule has 0 amide bonds. The molecule has 20 heavy (non-hydrogen) atoms. The van der Waals surface area contributed by atoms with Crippen molar-refractivity contribution < 1.29 is 9.47 Å². The van der Waals surface area contributed by atoms with Crippen molar-refractivity contribution in [1.82, 2.24) is 5.32 Å². The number of benzene rings is 1. The van der Waals surface area contributed by atoms with E-state index in [2.05, 4.69) is 11.9 Å². The molecule has 1 N–H and O–H groups in total. The summed E-state index contributed by atoms with van der Waals surface area (Å²) in [6.45, 7) is 6.93. The zero-order valence-corrected chi connectivity index (χ0v) is 12.5. The summed E-state index contributed by atoms with van der Waals surface area (Å²) in [6, 6.07) is 5.80. The topological polar surface area (TPSA) is 30.5 Å². The first kappa shape index (κ1) is 15.4. The van der Waals surface area contributed by atoms with E-state index in [1.807, 2.05) is 24.3 Å². The summed E-state index contributed by atoms with van der Waals surface area (Å²) in [5.74, 6) is 0.771. The van der Waals surface area contributed by atoms with Crippen molar-refractivity contribution in [2.75, 3.05) is 26.3 Å². The quantitative estimate of drug-likeness (QED) is 0.590. The van der Waals surface area contributed by atoms with Crippen LogP contribution in [0.2, 0.25) is 5.02 Å². The Morgan fingerprint density at radius 3 is 3.15 bits per heavy atom. The molecule has 1 fully saturated rings. The molecule has 2 rings (SSSR count). The van der Waals surface area contributed by atoms with E-state index >= 15 is 0 Å². The first-order chi connectivity index (χ1) is 9.81. The van der Waals surface area contributed by atoms with Crippen molar-refractivity contribution in [2.24, 2.45) is 0 Å². The smallest absolute Gasteiger partial charge is 0.141 e. The van der Waals surface area contributed by atoms with Crippen LogP contribution in [-0.2, 0) is 11.2 Å². The van der Waals surface area contributed by atoms with Crippen LogP contribution >= 0.6 is 11.6 Å². The van der Waals surface area contributed by atoms with E-state index in [-0.39, 0.29) is 0 Å². The molecule has 1 aromatic rings. The van der Waals surface area contributed by atoms with Crippen molar-refractivity contribution in [3.05, 3.63) is 41.4 Å². The van der Waals surface area contributed by atoms with Crippen LogP contribution in [0.3, 0.4) is 0 Å². The summed E-state index contributed by atoms with van der Waals surface area (Å²) in [5.41, 5.74) is 1.08. The van der Waals surface area contributed by atoms with Gasteiger partial charge in [-0.3, -0.25) is 0 Å². The van der Waals surface area contributed by atoms with Gasteiger partial charge in [0.2, 0.25) is 0 Å². The number of halogens is 1. The first-order valence-corrected chi connectivity index (χ1v) is 7.52. The number of hydrogen-bond acceptors (Lipinski definition) is 3. The minimum atomic E-state index is 0.367. The second kappa shape index (κ2) is 8.30. The van der Waals surface area contributed by atoms with Crippen LogP contribution in [0.4, 0.5) is 0 Å². The summed E-state index contributed by atoms with van der Waals surface area (Å²) in [6.07, 6.45) is 5.31. The first-order valence-electron chi connectivity index (χ1n) is 7.14. The van der Waals surface area contributed by atoms with Gasteiger partial charge in [0.15, 0.2) is 0 Å². The predicted octanol–water partition coefficient (Wildman–Crippen LogP) is 3.22. The molecule has 0 radical (unpaired) electrons. The van der Waals surface area contributed by atoms with Gasteiger partial charge in [0.1, 0.15) is 12.4 Å². The Balaban J connectivity index is 1.74. The standard InChI is InChI=1S/C16H22ClNO2/c1-2-5-13-6-3-8-15(17)16(13)20-11-9-18-12-14-7-4-10-19-14/h2-3,6,8,14,18H,1,4-5,7,9-12H2. The molecule has 1 heterocycles. The van der Waals surface area contributed by atoms with Gasteiger partial charge in [-0.2, -0.15) is 0 Å². The largest absolute Gasteiger partial charge is 0.490 e. The lowest BCUT2D eigenvalue weighted by molar-refractivity contribution is 0.109. The molecule has 1 saturated heterocycles. The van der Waals surface area contributed by atoms with Gasteiger partial charge in [-0.25, -0.2) is 0 Å². The fourth-order valence-corrected chi connectivity index (χ4v) is 2.57. The van der Waals surface area contributed by atoms with Crippen molar-refractivity contribution in [2.45, 2.75) is 25.4 Å². The van der Waals surface area contributed by atoms with E-state index in [0.29, 0.717) is 17.7 Å². The van der Waals surface area contributed by atoms with Gasteiger partial charge in [0.05, 0.1) is 11.1 Å². The molecular weight excluding hydrogens is 274 g/mol. The molecule has 0 aliphatic carbocycles. The second-order valence-electron chi connectivity index (χ2n) is 4.91. The Labute approximate surface area is 125 Å². The fraction of sp³-hybridized carbons (Fsp3) is 0.500. The number of rotatable bonds is 8. The second-order valence-corrected chi connectivity index (χ2v) is 5.32. The summed E-state index contributed by atoms with van der Waals surface area (Å²) in [7, 11) is 0. The number of allylic oxidation sites excluding steroid dienone is 1. The highest BCUT2D eigenvalue weighted by molar-refractivity contribution is 6.32. The highest BCUT2D eigenvalue weighted by Crippen LogP contribution is 2.29. The Kier molecular flexibility index (Phi) is 6.37. The average Bonchev–Trinajstić information content (AvgIpc) is 2.94. The van der Waals surface area contributed by atoms with Crippen molar-refractivity contribution in [3.8, 4) is 5.75 Å². The molecule has 4 heteroatoms. The lowest BCUT2D eigenvalue weighted by Gasteiger charge is -2.14. The van der Waals surface area contributed by atoms with Gasteiger partial charge in [-0.05, 0) is 30.9 Å². The third-order valence-electron chi connectivity index (χ3n) is 3.33. The van der Waals surface area contributed by atoms with Gasteiger partial charge in [-0.15, -0.1) is 6.58 Å². The van der Waals surface area contributed by atoms with Crippen molar-refractivity contribution >= 4 is 11.6 Å². The molecule has 0 spiro atoms. The normalized spacial score (nSPS) is 18.1. The molecule has 1 atom stereocenters. The molecule has 0 aromatic heterocycles. The van der Waals surface area contributed by atoms with E-state index in [1.165, 1.54) is 6.42 Å². The summed E-state index contributed by atoms with van der Waals surface area (Å²) in [5, 5.41) is 4.01. The van der Waals surface area contributed by atoms with Crippen LogP contribution < -0.4 is 10.1 Å². The third kappa shape index (κ3) is 4.51. The average molecular weight is 296 g/mol. The summed E-state index contributed by atoms with van der Waals surface area (Å²) < 4.78 is 11.4. The van der Waals surface area contributed by atoms with Gasteiger partial charge < -0.3 is 14.8 Å². The van der Waals surface area contributed by atoms with Gasteiger partial charge >= 0.3 is 0 Å². The molecule has 1 aromatic carbocycles. The number of hydrogen-bond donors (Lipinski definition) is 1. The molecule has 1 unspecified atom stereocenters. The van der Waals surface area contributed by atoms with E-state index in [9.17, 15) is 0 Å². The highest BCUT2D eigenvalue weighted by atomic mass is 35.5. The molecule has 110 valence electrons. The number of nitrogens with one attached hydrogen (secondary N) is 1. The Morgan fingerprint density at radius 1 is 1.50 bits per heavy atom. The van der Waals surface area contributed by atoms with Gasteiger partial charge in [0.25, 0.3) is 0 Å². The molecule has 0 bridgehead atoms. The van der Waals surface area contributed by atoms with Crippen LogP contribution in [0, 0.1) is 0 Å². The fourth-order valence-electron chi connectivity index (χ4n) is 2.33. The minimum Gasteiger partial charge on any atom is -0.490 e. The van der Waals surface area contributed by atoms with Crippen LogP contribution in [-0.4, -0.2) is 32.4 Å². The Hall–Kier alpha value is -1.03. The van der Waals surface area contributed by atoms with E-state index in [4.69, 9.17) is 21.1 Å². The van der Waals surface area contributed by atoms with Crippen molar-refractivity contribution in [1.29, 1.82) is 0 Å². The zero-order chi connectivity index (χ0) is 14.2. The predicted molar refractivity (Wildman–Crippen MR) is 82.7 cm³/mol. The van der Waals surface area contributed by atoms with Crippen LogP contribution in [0.5, 0.6) is 5.75 Å². The Bertz CT molecular complexity index is 430. The van der Waals surface area contributed by atoms with Crippen LogP contribution in [0.15, 0.2) is 30.9 Å². The van der Waals surface area contributed by atoms with Gasteiger partial charge in [0, 0.05) is 19.7 Å². The van der Waals surface area contributed by atoms with E-state index < -0.39 is 0 Å². The number of ether oxygens (including phenoxy) is 2. The van der Waals surface area contributed by atoms with Crippen LogP contribution in [0.1, 0.15) is 18.4 Å². The summed E-state index contributed by atoms with van der Waals surface area (Å²) >= 11 is 6.18. The van der Waals surface area contributed by atoms with Crippen LogP contribution in [0.25, 0.3) is 0 Å². The molecule has 0 saturated carbocycles. The zero-order valence-electron chi connectivity index (χ0n) is 11.7. The van der Waals surface area contributed by atoms with E-state index in [0.717, 1.165) is 43.9 Å². The third-order valence-corrected chi connectivity index (χ3v) is 3.63. The minimum absolute atomic E-state index is 0.367. The lowest BCUT2D eigenvalue weighted by atomic mass is 10.1. The summed E-state index contributed by atoms with van der Waals surface area (Å²) in [4.78, 5) is 0. The van der Waals surface area contributed by atoms with Crippen molar-refractivity contribution in [3.63, 3.8) is 0 Å². The molecular formula is C16H22ClNO2. The molecule has 1 aliphatic rings.